The summed E-state index contributed by atoms with van der Waals surface area (Å²) < 4.78 is 99.2. The third kappa shape index (κ3) is 4.70. The number of hydrogen-bond donors (Lipinski definition) is 0. The molecule has 2 aromatic carbocycles. The minimum absolute atomic E-state index is 0. The smallest absolute Gasteiger partial charge is 0.195 e. The molecule has 2 rings (SSSR count). The van der Waals surface area contributed by atoms with Gasteiger partial charge in [0.2, 0.25) is 0 Å². The zero-order valence-corrected chi connectivity index (χ0v) is 15.2. The van der Waals surface area contributed by atoms with Gasteiger partial charge in [-0.25, -0.2) is 35.1 Å². The largest absolute Gasteiger partial charge is 0.778 e. The van der Waals surface area contributed by atoms with Gasteiger partial charge in [0, 0.05) is 16.5 Å². The average molecular weight is 483 g/mol. The molecule has 0 bridgehead atoms. The van der Waals surface area contributed by atoms with Crippen LogP contribution in [0.4, 0.5) is 35.1 Å². The van der Waals surface area contributed by atoms with Crippen molar-refractivity contribution < 1.29 is 51.6 Å². The second kappa shape index (κ2) is 9.27. The Balaban J connectivity index is 0.000000443. The second-order valence-corrected chi connectivity index (χ2v) is 5.46. The van der Waals surface area contributed by atoms with Crippen LogP contribution in [-0.4, -0.2) is 0 Å². The summed E-state index contributed by atoms with van der Waals surface area (Å²) in [4.78, 5) is -3.22. The maximum atomic E-state index is 12.5. The molecule has 0 aliphatic rings. The molecule has 2 aromatic rings. The Kier molecular flexibility index (Phi) is 8.99. The molecule has 13 heteroatoms. The summed E-state index contributed by atoms with van der Waals surface area (Å²) in [6, 6.07) is 0. The van der Waals surface area contributed by atoms with Crippen LogP contribution in [0.1, 0.15) is 0 Å². The first-order valence-electron chi connectivity index (χ1n) is 5.33. The minimum Gasteiger partial charge on any atom is -0.778 e. The molecule has 0 aliphatic heterocycles. The molecule has 25 heavy (non-hydrogen) atoms. The second-order valence-electron chi connectivity index (χ2n) is 3.83. The van der Waals surface area contributed by atoms with E-state index >= 15 is 0 Å². The van der Waals surface area contributed by atoms with E-state index in [9.17, 15) is 35.1 Å². The van der Waals surface area contributed by atoms with Crippen LogP contribution in [0.2, 0.25) is 0 Å². The van der Waals surface area contributed by atoms with Gasteiger partial charge in [0.05, 0.1) is 0 Å². The van der Waals surface area contributed by atoms with Crippen LogP contribution in [0.15, 0.2) is 19.6 Å². The van der Waals surface area contributed by atoms with E-state index in [-0.39, 0.29) is 16.5 Å². The maximum Gasteiger partial charge on any atom is 0.195 e. The van der Waals surface area contributed by atoms with Gasteiger partial charge in [-0.3, -0.25) is 0 Å². The Morgan fingerprint density at radius 2 is 0.440 bits per heavy atom. The number of hydrogen-bond acceptors (Lipinski definition) is 4. The van der Waals surface area contributed by atoms with Gasteiger partial charge < -0.3 is 50.5 Å². The molecule has 0 heterocycles. The first kappa shape index (κ1) is 24.3. The fourth-order valence-electron chi connectivity index (χ4n) is 1.18. The molecule has 0 atom stereocenters. The Bertz CT molecular complexity index is 537. The van der Waals surface area contributed by atoms with Crippen LogP contribution in [0.25, 0.3) is 0 Å². The molecule has 0 amide bonds. The van der Waals surface area contributed by atoms with Gasteiger partial charge in [0.1, 0.15) is 23.3 Å². The number of rotatable bonds is 0. The fraction of sp³-hybridized carbons (Fsp3) is 0. The molecule has 0 spiro atoms. The Labute approximate surface area is 167 Å². The van der Waals surface area contributed by atoms with E-state index in [0.717, 1.165) is 0 Å². The topological polar surface area (TPSA) is 0 Å². The van der Waals surface area contributed by atoms with Crippen molar-refractivity contribution in [3.8, 4) is 0 Å². The van der Waals surface area contributed by atoms with Crippen molar-refractivity contribution in [1.29, 1.82) is 0 Å². The Morgan fingerprint density at radius 3 is 0.560 bits per heavy atom. The van der Waals surface area contributed by atoms with E-state index in [1.807, 2.05) is 0 Å². The quantitative estimate of drug-likeness (QED) is 0.182. The first-order valence-corrected chi connectivity index (χ1v) is 6.96. The zero-order chi connectivity index (χ0) is 18.9. The molecule has 0 fully saturated rings. The summed E-state index contributed by atoms with van der Waals surface area (Å²) in [7, 11) is 0. The molecule has 142 valence electrons. The molecule has 0 unspecified atom stereocenters. The van der Waals surface area contributed by atoms with Gasteiger partial charge in [0.15, 0.2) is 23.3 Å². The van der Waals surface area contributed by atoms with Crippen LogP contribution >= 0.6 is 0 Å². The van der Waals surface area contributed by atoms with Crippen molar-refractivity contribution in [3.05, 3.63) is 46.5 Å². The predicted octanol–water partition coefficient (Wildman–Crippen LogP) is 4.11. The third-order valence-corrected chi connectivity index (χ3v) is 4.16. The van der Waals surface area contributed by atoms with Crippen molar-refractivity contribution in [2.45, 2.75) is 19.6 Å². The van der Waals surface area contributed by atoms with E-state index in [0.29, 0.717) is 0 Å². The van der Waals surface area contributed by atoms with Crippen LogP contribution in [0.3, 0.4) is 0 Å². The van der Waals surface area contributed by atoms with Crippen molar-refractivity contribution in [1.82, 2.24) is 0 Å². The van der Waals surface area contributed by atoms with E-state index in [2.05, 4.69) is 50.5 Å². The fourth-order valence-corrected chi connectivity index (χ4v) is 1.90. The van der Waals surface area contributed by atoms with Gasteiger partial charge in [-0.05, 0) is 0 Å². The van der Waals surface area contributed by atoms with Crippen molar-refractivity contribution in [2.75, 3.05) is 0 Å². The minimum atomic E-state index is -1.92. The van der Waals surface area contributed by atoms with Crippen molar-refractivity contribution in [3.63, 3.8) is 0 Å². The maximum absolute atomic E-state index is 12.5. The van der Waals surface area contributed by atoms with Gasteiger partial charge in [-0.15, -0.1) is 0 Å². The monoisotopic (exact) mass is 482 g/mol. The Morgan fingerprint density at radius 1 is 0.320 bits per heavy atom. The van der Waals surface area contributed by atoms with E-state index in [1.165, 1.54) is 0 Å². The van der Waals surface area contributed by atoms with Gasteiger partial charge in [-0.2, -0.15) is 19.6 Å². The van der Waals surface area contributed by atoms with Crippen LogP contribution in [0.5, 0.6) is 0 Å². The average Bonchev–Trinajstić information content (AvgIpc) is 2.58. The SMILES string of the molecule is Fc1c(F)c(F)c([S-])c([S-])c1F.Fc1c(F)c(F)c([S-])c([S-])c1F.[Ni]. The molecule has 0 saturated carbocycles. The zero-order valence-electron chi connectivity index (χ0n) is 11.0. The molecular weight excluding hydrogens is 483 g/mol. The van der Waals surface area contributed by atoms with Gasteiger partial charge >= 0.3 is 0 Å². The summed E-state index contributed by atoms with van der Waals surface area (Å²) in [6.45, 7) is 0. The van der Waals surface area contributed by atoms with E-state index < -0.39 is 66.1 Å². The number of halogens is 8. The molecule has 0 nitrogen and oxygen atoms in total. The van der Waals surface area contributed by atoms with Crippen molar-refractivity contribution >= 4 is 50.5 Å². The summed E-state index contributed by atoms with van der Waals surface area (Å²) in [5.74, 6) is -14.2. The van der Waals surface area contributed by atoms with Crippen LogP contribution in [0, 0.1) is 46.5 Å². The van der Waals surface area contributed by atoms with E-state index in [1.54, 1.807) is 0 Å². The number of benzene rings is 2. The molecule has 0 saturated heterocycles. The summed E-state index contributed by atoms with van der Waals surface area (Å²) in [5, 5.41) is 0. The van der Waals surface area contributed by atoms with Crippen molar-refractivity contribution in [2.24, 2.45) is 0 Å². The predicted molar refractivity (Wildman–Crippen MR) is 75.1 cm³/mol. The summed E-state index contributed by atoms with van der Waals surface area (Å²) in [5.41, 5.74) is 0. The summed E-state index contributed by atoms with van der Waals surface area (Å²) >= 11 is 16.8. The molecule has 0 N–H and O–H groups in total. The molecule has 0 radical (unpaired) electrons. The normalized spacial score (nSPS) is 9.92. The molecular formula is C12F8NiS4-4. The van der Waals surface area contributed by atoms with Gasteiger partial charge in [0.25, 0.3) is 0 Å². The Hall–Kier alpha value is -0.746. The first-order chi connectivity index (χ1) is 10.9. The standard InChI is InChI=1S/2C6H2F4S2.Ni/c2*7-1-2(8)4(10)6(12)5(11)3(1)9;/h2*11-12H;/p-4. The third-order valence-electron chi connectivity index (χ3n) is 2.37. The van der Waals surface area contributed by atoms with E-state index in [4.69, 9.17) is 0 Å². The van der Waals surface area contributed by atoms with Gasteiger partial charge in [-0.1, -0.05) is 0 Å². The molecule has 0 aromatic heterocycles. The van der Waals surface area contributed by atoms with Crippen LogP contribution < -0.4 is 0 Å². The molecule has 0 aliphatic carbocycles. The summed E-state index contributed by atoms with van der Waals surface area (Å²) in [6.07, 6.45) is 0. The van der Waals surface area contributed by atoms with Crippen LogP contribution in [-0.2, 0) is 67.0 Å².